The van der Waals surface area contributed by atoms with Crippen LogP contribution in [-0.4, -0.2) is 20.2 Å². The van der Waals surface area contributed by atoms with Gasteiger partial charge in [-0.25, -0.2) is 0 Å². The fourth-order valence-corrected chi connectivity index (χ4v) is 2.95. The highest BCUT2D eigenvalue weighted by molar-refractivity contribution is 5.51. The van der Waals surface area contributed by atoms with E-state index in [1.54, 1.807) is 7.11 Å². The molecule has 94 valence electrons. The van der Waals surface area contributed by atoms with Crippen molar-refractivity contribution < 1.29 is 4.74 Å². The number of hydrogen-bond donors (Lipinski definition) is 1. The number of aryl methyl sites for hydroxylation is 2. The van der Waals surface area contributed by atoms with Gasteiger partial charge in [-0.05, 0) is 69.3 Å². The third kappa shape index (κ3) is 2.32. The van der Waals surface area contributed by atoms with E-state index < -0.39 is 0 Å². The van der Waals surface area contributed by atoms with Crippen LogP contribution in [0.3, 0.4) is 0 Å². The molecule has 17 heavy (non-hydrogen) atoms. The molecule has 1 N–H and O–H groups in total. The number of rotatable bonds is 2. The molecule has 0 radical (unpaired) electrons. The molecule has 1 aromatic rings. The zero-order valence-corrected chi connectivity index (χ0v) is 11.4. The minimum absolute atomic E-state index is 0.658. The zero-order chi connectivity index (χ0) is 12.4. The summed E-state index contributed by atoms with van der Waals surface area (Å²) in [4.78, 5) is 0. The van der Waals surface area contributed by atoms with E-state index in [4.69, 9.17) is 4.74 Å². The zero-order valence-electron chi connectivity index (χ0n) is 11.4. The summed E-state index contributed by atoms with van der Waals surface area (Å²) in [5, 5.41) is 3.43. The van der Waals surface area contributed by atoms with E-state index >= 15 is 0 Å². The Balaban J connectivity index is 2.47. The van der Waals surface area contributed by atoms with Crippen LogP contribution in [0, 0.1) is 20.8 Å². The summed E-state index contributed by atoms with van der Waals surface area (Å²) in [6, 6.07) is 2.30. The van der Waals surface area contributed by atoms with Crippen LogP contribution >= 0.6 is 0 Å². The quantitative estimate of drug-likeness (QED) is 0.847. The Morgan fingerprint density at radius 1 is 1.12 bits per heavy atom. The highest BCUT2D eigenvalue weighted by atomic mass is 16.5. The van der Waals surface area contributed by atoms with Crippen molar-refractivity contribution in [3.05, 3.63) is 28.3 Å². The molecule has 0 unspecified atom stereocenters. The molecule has 2 heteroatoms. The number of nitrogens with one attached hydrogen (secondary N) is 1. The molecule has 1 aromatic carbocycles. The third-order valence-electron chi connectivity index (χ3n) is 3.99. The minimum Gasteiger partial charge on any atom is -0.496 e. The van der Waals surface area contributed by atoms with E-state index in [1.165, 1.54) is 35.1 Å². The van der Waals surface area contributed by atoms with Crippen molar-refractivity contribution in [3.8, 4) is 5.75 Å². The summed E-state index contributed by atoms with van der Waals surface area (Å²) in [6.07, 6.45) is 2.44. The van der Waals surface area contributed by atoms with Gasteiger partial charge in [0.25, 0.3) is 0 Å². The van der Waals surface area contributed by atoms with Crippen LogP contribution in [-0.2, 0) is 0 Å². The smallest absolute Gasteiger partial charge is 0.125 e. The number of piperidine rings is 1. The molecular formula is C15H23NO. The van der Waals surface area contributed by atoms with Gasteiger partial charge in [-0.15, -0.1) is 0 Å². The molecular weight excluding hydrogens is 210 g/mol. The molecule has 0 aromatic heterocycles. The maximum Gasteiger partial charge on any atom is 0.125 e. The Hall–Kier alpha value is -1.02. The van der Waals surface area contributed by atoms with Gasteiger partial charge in [0.15, 0.2) is 0 Å². The average molecular weight is 233 g/mol. The Morgan fingerprint density at radius 3 is 2.35 bits per heavy atom. The fourth-order valence-electron chi connectivity index (χ4n) is 2.95. The summed E-state index contributed by atoms with van der Waals surface area (Å²) in [5.74, 6) is 1.78. The molecule has 1 heterocycles. The summed E-state index contributed by atoms with van der Waals surface area (Å²) in [7, 11) is 1.80. The van der Waals surface area contributed by atoms with E-state index in [0.717, 1.165) is 18.8 Å². The van der Waals surface area contributed by atoms with Crippen molar-refractivity contribution >= 4 is 0 Å². The maximum absolute atomic E-state index is 5.67. The van der Waals surface area contributed by atoms with Gasteiger partial charge < -0.3 is 10.1 Å². The van der Waals surface area contributed by atoms with Crippen molar-refractivity contribution in [2.24, 2.45) is 0 Å². The minimum atomic E-state index is 0.658. The Kier molecular flexibility index (Phi) is 3.72. The predicted octanol–water partition coefficient (Wildman–Crippen LogP) is 3.09. The normalized spacial score (nSPS) is 17.2. The predicted molar refractivity (Wildman–Crippen MR) is 72.0 cm³/mol. The second kappa shape index (κ2) is 5.09. The van der Waals surface area contributed by atoms with Gasteiger partial charge in [-0.2, -0.15) is 0 Å². The standard InChI is InChI=1S/C15H23NO/c1-10-9-11(2)14(15(17-4)12(10)3)13-5-7-16-8-6-13/h9,13,16H,5-8H2,1-4H3. The van der Waals surface area contributed by atoms with Crippen LogP contribution in [0.1, 0.15) is 41.0 Å². The summed E-state index contributed by atoms with van der Waals surface area (Å²) in [6.45, 7) is 8.79. The first-order valence-electron chi connectivity index (χ1n) is 6.50. The van der Waals surface area contributed by atoms with Gasteiger partial charge in [0.2, 0.25) is 0 Å². The Bertz CT molecular complexity index is 406. The van der Waals surface area contributed by atoms with Crippen LogP contribution < -0.4 is 10.1 Å². The van der Waals surface area contributed by atoms with Gasteiger partial charge >= 0.3 is 0 Å². The Labute approximate surface area is 104 Å². The maximum atomic E-state index is 5.67. The van der Waals surface area contributed by atoms with Gasteiger partial charge in [0, 0.05) is 5.56 Å². The van der Waals surface area contributed by atoms with E-state index in [1.807, 2.05) is 0 Å². The number of ether oxygens (including phenoxy) is 1. The largest absolute Gasteiger partial charge is 0.496 e. The van der Waals surface area contributed by atoms with E-state index in [-0.39, 0.29) is 0 Å². The number of benzene rings is 1. The molecule has 1 aliphatic rings. The molecule has 1 aliphatic heterocycles. The monoisotopic (exact) mass is 233 g/mol. The summed E-state index contributed by atoms with van der Waals surface area (Å²) < 4.78 is 5.67. The van der Waals surface area contributed by atoms with Crippen LogP contribution in [0.15, 0.2) is 6.07 Å². The van der Waals surface area contributed by atoms with E-state index in [9.17, 15) is 0 Å². The molecule has 0 saturated carbocycles. The number of methoxy groups -OCH3 is 1. The number of hydrogen-bond acceptors (Lipinski definition) is 2. The van der Waals surface area contributed by atoms with Crippen LogP contribution in [0.5, 0.6) is 5.75 Å². The van der Waals surface area contributed by atoms with Crippen molar-refractivity contribution in [1.29, 1.82) is 0 Å². The van der Waals surface area contributed by atoms with Crippen molar-refractivity contribution in [1.82, 2.24) is 5.32 Å². The molecule has 0 amide bonds. The molecule has 0 spiro atoms. The molecule has 2 rings (SSSR count). The molecule has 0 atom stereocenters. The SMILES string of the molecule is COc1c(C)c(C)cc(C)c1C1CCNCC1. The van der Waals surface area contributed by atoms with Gasteiger partial charge in [0.1, 0.15) is 5.75 Å². The molecule has 1 saturated heterocycles. The van der Waals surface area contributed by atoms with Crippen molar-refractivity contribution in [2.75, 3.05) is 20.2 Å². The molecule has 2 nitrogen and oxygen atoms in total. The first-order chi connectivity index (χ1) is 8.15. The first kappa shape index (κ1) is 12.4. The van der Waals surface area contributed by atoms with Crippen LogP contribution in [0.4, 0.5) is 0 Å². The molecule has 1 fully saturated rings. The lowest BCUT2D eigenvalue weighted by molar-refractivity contribution is 0.387. The first-order valence-corrected chi connectivity index (χ1v) is 6.50. The Morgan fingerprint density at radius 2 is 1.76 bits per heavy atom. The molecule has 0 aliphatic carbocycles. The highest BCUT2D eigenvalue weighted by Gasteiger charge is 2.22. The van der Waals surface area contributed by atoms with Gasteiger partial charge in [-0.1, -0.05) is 6.07 Å². The van der Waals surface area contributed by atoms with Gasteiger partial charge in [0.05, 0.1) is 7.11 Å². The van der Waals surface area contributed by atoms with E-state index in [2.05, 4.69) is 32.2 Å². The average Bonchev–Trinajstić information content (AvgIpc) is 2.34. The lowest BCUT2D eigenvalue weighted by Crippen LogP contribution is -2.27. The van der Waals surface area contributed by atoms with Crippen LogP contribution in [0.2, 0.25) is 0 Å². The molecule has 0 bridgehead atoms. The highest BCUT2D eigenvalue weighted by Crippen LogP contribution is 2.38. The lowest BCUT2D eigenvalue weighted by Gasteiger charge is -2.27. The van der Waals surface area contributed by atoms with Crippen LogP contribution in [0.25, 0.3) is 0 Å². The van der Waals surface area contributed by atoms with Crippen molar-refractivity contribution in [3.63, 3.8) is 0 Å². The second-order valence-electron chi connectivity index (χ2n) is 5.11. The second-order valence-corrected chi connectivity index (χ2v) is 5.11. The fraction of sp³-hybridized carbons (Fsp3) is 0.600. The van der Waals surface area contributed by atoms with E-state index in [0.29, 0.717) is 5.92 Å². The summed E-state index contributed by atoms with van der Waals surface area (Å²) >= 11 is 0. The third-order valence-corrected chi connectivity index (χ3v) is 3.99. The van der Waals surface area contributed by atoms with Crippen molar-refractivity contribution in [2.45, 2.75) is 39.5 Å². The lowest BCUT2D eigenvalue weighted by atomic mass is 9.84. The topological polar surface area (TPSA) is 21.3 Å². The summed E-state index contributed by atoms with van der Waals surface area (Å²) in [5.41, 5.74) is 5.46. The van der Waals surface area contributed by atoms with Gasteiger partial charge in [-0.3, -0.25) is 0 Å².